The number of hydrogen-bond acceptors (Lipinski definition) is 2. The zero-order valence-corrected chi connectivity index (χ0v) is 17.9. The van der Waals surface area contributed by atoms with Crippen LogP contribution >= 0.6 is 0 Å². The van der Waals surface area contributed by atoms with Crippen molar-refractivity contribution in [3.05, 3.63) is 84.4 Å². The van der Waals surface area contributed by atoms with Crippen LogP contribution in [-0.2, 0) is 0 Å². The monoisotopic (exact) mass is 461 g/mol. The molecule has 5 aromatic rings. The summed E-state index contributed by atoms with van der Waals surface area (Å²) in [7, 11) is -3.67. The van der Waals surface area contributed by atoms with Crippen molar-refractivity contribution in [2.45, 2.75) is 6.92 Å². The van der Waals surface area contributed by atoms with Gasteiger partial charge >= 0.3 is 7.54 Å². The Morgan fingerprint density at radius 1 is 0.618 bits per heavy atom. The molecule has 1 aromatic heterocycles. The molecule has 0 N–H and O–H groups in total. The van der Waals surface area contributed by atoms with Crippen LogP contribution in [0.15, 0.2) is 87.7 Å². The second kappa shape index (κ2) is 8.06. The average Bonchev–Trinajstić information content (AvgIpc) is 2.80. The van der Waals surface area contributed by atoms with Gasteiger partial charge in [-0.05, 0) is 31.2 Å². The lowest BCUT2D eigenvalue weighted by Crippen LogP contribution is -3.00. The van der Waals surface area contributed by atoms with Crippen LogP contribution in [0, 0.1) is 6.92 Å². The Morgan fingerprint density at radius 3 is 1.56 bits per heavy atom. The van der Waals surface area contributed by atoms with E-state index in [0.29, 0.717) is 0 Å². The number of pyridine rings is 1. The van der Waals surface area contributed by atoms with Gasteiger partial charge in [0, 0.05) is 29.8 Å². The molecule has 34 heavy (non-hydrogen) atoms. The Bertz CT molecular complexity index is 1620. The summed E-state index contributed by atoms with van der Waals surface area (Å²) in [6.07, 6.45) is 0. The van der Waals surface area contributed by atoms with Gasteiger partial charge in [0.15, 0.2) is 0 Å². The molecular weight excluding hydrogens is 445 g/mol. The highest BCUT2D eigenvalue weighted by Crippen LogP contribution is 2.47. The number of nitrogens with zero attached hydrogens (tertiary/aromatic N) is 1. The fraction of sp³-hybridized carbons (Fsp3) is 0.0385. The van der Waals surface area contributed by atoms with Gasteiger partial charge < -0.3 is 13.5 Å². The molecule has 0 spiro atoms. The Kier molecular flexibility index (Phi) is 5.16. The molecule has 0 amide bonds. The first kappa shape index (κ1) is 21.8. The molecule has 0 bridgehead atoms. The molecule has 7 rings (SSSR count). The van der Waals surface area contributed by atoms with Crippen molar-refractivity contribution in [1.82, 2.24) is 0 Å². The first-order valence-electron chi connectivity index (χ1n) is 10.4. The van der Waals surface area contributed by atoms with Crippen LogP contribution in [0.3, 0.4) is 0 Å². The minimum Gasteiger partial charge on any atom is -1.00 e. The molecule has 4 aromatic carbocycles. The third-order valence-electron chi connectivity index (χ3n) is 5.96. The summed E-state index contributed by atoms with van der Waals surface area (Å²) in [4.78, 5) is 0. The summed E-state index contributed by atoms with van der Waals surface area (Å²) < 4.78 is 44.0. The first-order valence-corrected chi connectivity index (χ1v) is 10.4. The van der Waals surface area contributed by atoms with E-state index in [-0.39, 0.29) is 4.70 Å². The molecule has 168 valence electrons. The number of benzene rings is 4. The van der Waals surface area contributed by atoms with Gasteiger partial charge in [0.1, 0.15) is 22.3 Å². The van der Waals surface area contributed by atoms with Gasteiger partial charge in [0.2, 0.25) is 16.7 Å². The molecule has 2 aliphatic heterocycles. The fourth-order valence-corrected chi connectivity index (χ4v) is 4.73. The standard InChI is InChI=1S/C26H16NO2.BF3.FH/c1-15-11-13-16(14-12-15)27-17-5-2-7-19-23(17)26-24-18(27)6-3-8-20(24)29-22-10-4-9-21(28-19)25(22)26;2-1(3)4;/h2-14H,1H3;;1H/q+1;;/p-1. The van der Waals surface area contributed by atoms with Crippen LogP contribution in [0.25, 0.3) is 61.0 Å². The minimum absolute atomic E-state index is 0. The van der Waals surface area contributed by atoms with Crippen LogP contribution in [0.1, 0.15) is 5.56 Å². The quantitative estimate of drug-likeness (QED) is 0.119. The fourth-order valence-electron chi connectivity index (χ4n) is 4.73. The lowest BCUT2D eigenvalue weighted by Gasteiger charge is -2.18. The average molecular weight is 461 g/mol. The van der Waals surface area contributed by atoms with Crippen LogP contribution in [0.2, 0.25) is 0 Å². The molecule has 3 nitrogen and oxygen atoms in total. The van der Waals surface area contributed by atoms with Crippen molar-refractivity contribution in [3.8, 4) is 16.8 Å². The Labute approximate surface area is 191 Å². The van der Waals surface area contributed by atoms with Gasteiger partial charge in [-0.1, -0.05) is 35.9 Å². The second-order valence-electron chi connectivity index (χ2n) is 7.93. The van der Waals surface area contributed by atoms with E-state index in [1.54, 1.807) is 0 Å². The summed E-state index contributed by atoms with van der Waals surface area (Å²) >= 11 is 0. The molecule has 0 atom stereocenters. The van der Waals surface area contributed by atoms with Gasteiger partial charge in [-0.25, -0.2) is 0 Å². The van der Waals surface area contributed by atoms with E-state index in [9.17, 15) is 12.9 Å². The zero-order valence-electron chi connectivity index (χ0n) is 17.9. The van der Waals surface area contributed by atoms with E-state index < -0.39 is 7.54 Å². The van der Waals surface area contributed by atoms with Crippen molar-refractivity contribution in [2.24, 2.45) is 0 Å². The molecule has 0 saturated heterocycles. The van der Waals surface area contributed by atoms with Gasteiger partial charge in [-0.15, -0.1) is 0 Å². The zero-order chi connectivity index (χ0) is 22.7. The third-order valence-corrected chi connectivity index (χ3v) is 5.96. The molecular formula is C26H16BF4NO2. The largest absolute Gasteiger partial charge is 1.00 e. The van der Waals surface area contributed by atoms with E-state index in [4.69, 9.17) is 8.83 Å². The first-order chi connectivity index (χ1) is 16.0. The lowest BCUT2D eigenvalue weighted by molar-refractivity contribution is -0.537. The summed E-state index contributed by atoms with van der Waals surface area (Å²) in [5.74, 6) is 0. The number of hydrogen-bond donors (Lipinski definition) is 0. The number of halogens is 4. The third kappa shape index (κ3) is 3.17. The van der Waals surface area contributed by atoms with E-state index in [2.05, 4.69) is 72.2 Å². The van der Waals surface area contributed by atoms with Crippen molar-refractivity contribution in [1.29, 1.82) is 0 Å². The smallest absolute Gasteiger partial charge is 0.762 e. The number of aromatic nitrogens is 1. The van der Waals surface area contributed by atoms with Crippen molar-refractivity contribution in [3.63, 3.8) is 0 Å². The van der Waals surface area contributed by atoms with Crippen LogP contribution in [-0.4, -0.2) is 7.54 Å². The number of aryl methyl sites for hydroxylation is 1. The summed E-state index contributed by atoms with van der Waals surface area (Å²) in [5, 5.41) is 2.27. The Balaban J connectivity index is 0.000000450. The molecule has 3 heterocycles. The molecule has 0 aliphatic carbocycles. The Morgan fingerprint density at radius 2 is 1.06 bits per heavy atom. The minimum atomic E-state index is -3.67. The van der Waals surface area contributed by atoms with Gasteiger partial charge in [-0.3, -0.25) is 12.9 Å². The Hall–Kier alpha value is -4.07. The number of rotatable bonds is 1. The maximum Gasteiger partial charge on any atom is 0.762 e. The topological polar surface area (TPSA) is 30.2 Å². The predicted octanol–water partition coefficient (Wildman–Crippen LogP) is 4.50. The van der Waals surface area contributed by atoms with Crippen molar-refractivity contribution >= 4 is 51.7 Å². The normalized spacial score (nSPS) is 11.3. The van der Waals surface area contributed by atoms with Gasteiger partial charge in [-0.2, -0.15) is 4.57 Å². The van der Waals surface area contributed by atoms with E-state index >= 15 is 0 Å². The molecule has 2 aliphatic rings. The summed E-state index contributed by atoms with van der Waals surface area (Å²) in [6.45, 7) is 2.11. The SMILES string of the molecule is Cc1ccc(-[n+]2c3cccc4oc5cccc6oc7cccc2c7c(c43)-c56)cc1.FB(F)F.[F-]. The van der Waals surface area contributed by atoms with Crippen molar-refractivity contribution in [2.75, 3.05) is 0 Å². The summed E-state index contributed by atoms with van der Waals surface area (Å²) in [6, 6.07) is 27.3. The van der Waals surface area contributed by atoms with E-state index in [1.807, 2.05) is 18.2 Å². The van der Waals surface area contributed by atoms with E-state index in [0.717, 1.165) is 55.4 Å². The molecule has 0 unspecified atom stereocenters. The molecule has 0 radical (unpaired) electrons. The molecule has 0 fully saturated rings. The highest BCUT2D eigenvalue weighted by atomic mass is 19.4. The molecule has 8 heteroatoms. The second-order valence-corrected chi connectivity index (χ2v) is 7.93. The predicted molar refractivity (Wildman–Crippen MR) is 124 cm³/mol. The van der Waals surface area contributed by atoms with Gasteiger partial charge in [0.25, 0.3) is 0 Å². The van der Waals surface area contributed by atoms with E-state index in [1.165, 1.54) is 11.1 Å². The van der Waals surface area contributed by atoms with Gasteiger partial charge in [0.05, 0.1) is 16.3 Å². The maximum atomic E-state index is 9.67. The van der Waals surface area contributed by atoms with Crippen molar-refractivity contribution < 1.29 is 31.1 Å². The van der Waals surface area contributed by atoms with Crippen LogP contribution < -0.4 is 9.27 Å². The molecule has 0 saturated carbocycles. The maximum absolute atomic E-state index is 9.67. The highest BCUT2D eigenvalue weighted by molar-refractivity contribution is 6.33. The highest BCUT2D eigenvalue weighted by Gasteiger charge is 2.31. The summed E-state index contributed by atoms with van der Waals surface area (Å²) in [5.41, 5.74) is 10.4. The van der Waals surface area contributed by atoms with Crippen LogP contribution in [0.4, 0.5) is 12.9 Å². The lowest BCUT2D eigenvalue weighted by atomic mass is 9.92. The van der Waals surface area contributed by atoms with Crippen LogP contribution in [0.5, 0.6) is 0 Å².